The first-order valence-electron chi connectivity index (χ1n) is 7.12. The number of rotatable bonds is 8. The molecule has 0 radical (unpaired) electrons. The highest BCUT2D eigenvalue weighted by Gasteiger charge is 2.17. The highest BCUT2D eigenvalue weighted by Crippen LogP contribution is 2.22. The van der Waals surface area contributed by atoms with Crippen molar-refractivity contribution in [1.29, 1.82) is 0 Å². The number of carbonyl (C=O) groups is 1. The minimum absolute atomic E-state index is 0.181. The molecule has 1 unspecified atom stereocenters. The average molecular weight is 262 g/mol. The largest absolute Gasteiger partial charge is 0.369 e. The Morgan fingerprint density at radius 1 is 1.16 bits per heavy atom. The van der Waals surface area contributed by atoms with Gasteiger partial charge in [-0.2, -0.15) is 0 Å². The van der Waals surface area contributed by atoms with E-state index in [1.54, 1.807) is 0 Å². The molecule has 3 heteroatoms. The lowest BCUT2D eigenvalue weighted by Gasteiger charge is -2.14. The molecule has 1 aromatic carbocycles. The highest BCUT2D eigenvalue weighted by molar-refractivity contribution is 5.81. The third-order valence-electron chi connectivity index (χ3n) is 3.32. The van der Waals surface area contributed by atoms with Gasteiger partial charge in [0.25, 0.3) is 0 Å². The van der Waals surface area contributed by atoms with Crippen LogP contribution in [0.15, 0.2) is 24.3 Å². The maximum atomic E-state index is 11.5. The molecule has 0 heterocycles. The van der Waals surface area contributed by atoms with E-state index in [1.165, 1.54) is 5.56 Å². The first-order valence-corrected chi connectivity index (χ1v) is 7.12. The van der Waals surface area contributed by atoms with Gasteiger partial charge in [0.1, 0.15) is 0 Å². The molecule has 0 spiro atoms. The second kappa shape index (κ2) is 7.95. The summed E-state index contributed by atoms with van der Waals surface area (Å²) in [5.74, 6) is 0.218. The summed E-state index contributed by atoms with van der Waals surface area (Å²) in [4.78, 5) is 11.5. The summed E-state index contributed by atoms with van der Waals surface area (Å²) in [6.45, 7) is 5.07. The Hall–Kier alpha value is -1.35. The van der Waals surface area contributed by atoms with E-state index in [4.69, 9.17) is 11.5 Å². The van der Waals surface area contributed by atoms with Crippen LogP contribution in [-0.4, -0.2) is 12.5 Å². The normalized spacial score (nSPS) is 12.6. The molecule has 0 saturated heterocycles. The van der Waals surface area contributed by atoms with Gasteiger partial charge < -0.3 is 11.5 Å². The number of benzene rings is 1. The van der Waals surface area contributed by atoms with E-state index < -0.39 is 0 Å². The Balaban J connectivity index is 2.71. The summed E-state index contributed by atoms with van der Waals surface area (Å²) in [5.41, 5.74) is 13.3. The fraction of sp³-hybridized carbons (Fsp3) is 0.562. The van der Waals surface area contributed by atoms with Crippen molar-refractivity contribution in [3.8, 4) is 0 Å². The Kier molecular flexibility index (Phi) is 6.57. The maximum absolute atomic E-state index is 11.5. The van der Waals surface area contributed by atoms with E-state index in [9.17, 15) is 4.79 Å². The zero-order chi connectivity index (χ0) is 14.3. The second-order valence-electron chi connectivity index (χ2n) is 5.58. The third-order valence-corrected chi connectivity index (χ3v) is 3.32. The van der Waals surface area contributed by atoms with Crippen LogP contribution in [-0.2, 0) is 11.2 Å². The lowest BCUT2D eigenvalue weighted by molar-refractivity contribution is -0.119. The van der Waals surface area contributed by atoms with Crippen LogP contribution >= 0.6 is 0 Å². The van der Waals surface area contributed by atoms with Gasteiger partial charge in [-0.25, -0.2) is 0 Å². The zero-order valence-electron chi connectivity index (χ0n) is 12.1. The van der Waals surface area contributed by atoms with Crippen molar-refractivity contribution in [2.75, 3.05) is 6.54 Å². The van der Waals surface area contributed by atoms with Gasteiger partial charge in [-0.15, -0.1) is 0 Å². The Labute approximate surface area is 116 Å². The molecule has 0 aliphatic carbocycles. The fourth-order valence-electron chi connectivity index (χ4n) is 2.32. The minimum atomic E-state index is -0.242. The molecule has 0 bridgehead atoms. The second-order valence-corrected chi connectivity index (χ2v) is 5.58. The van der Waals surface area contributed by atoms with Crippen LogP contribution in [0, 0.1) is 5.92 Å². The highest BCUT2D eigenvalue weighted by atomic mass is 16.1. The van der Waals surface area contributed by atoms with E-state index in [1.807, 2.05) is 12.1 Å². The van der Waals surface area contributed by atoms with Crippen molar-refractivity contribution in [3.05, 3.63) is 35.4 Å². The van der Waals surface area contributed by atoms with E-state index in [-0.39, 0.29) is 11.8 Å². The van der Waals surface area contributed by atoms with Gasteiger partial charge in [-0.05, 0) is 42.9 Å². The van der Waals surface area contributed by atoms with Gasteiger partial charge in [0.2, 0.25) is 5.91 Å². The van der Waals surface area contributed by atoms with Crippen molar-refractivity contribution in [3.63, 3.8) is 0 Å². The first-order chi connectivity index (χ1) is 9.04. The molecule has 1 aromatic rings. The Bertz CT molecular complexity index is 384. The SMILES string of the molecule is CC(C)Cc1ccc(C(CCCCN)C(N)=O)cc1. The number of hydrogen-bond donors (Lipinski definition) is 2. The number of carbonyl (C=O) groups excluding carboxylic acids is 1. The molecule has 3 nitrogen and oxygen atoms in total. The summed E-state index contributed by atoms with van der Waals surface area (Å²) in [5, 5.41) is 0. The van der Waals surface area contributed by atoms with E-state index >= 15 is 0 Å². The molecule has 106 valence electrons. The lowest BCUT2D eigenvalue weighted by atomic mass is 9.91. The molecule has 4 N–H and O–H groups in total. The summed E-state index contributed by atoms with van der Waals surface area (Å²) in [6, 6.07) is 8.29. The van der Waals surface area contributed by atoms with E-state index in [0.717, 1.165) is 31.2 Å². The number of unbranched alkanes of at least 4 members (excludes halogenated alkanes) is 1. The zero-order valence-corrected chi connectivity index (χ0v) is 12.1. The summed E-state index contributed by atoms with van der Waals surface area (Å²) in [6.07, 6.45) is 3.73. The van der Waals surface area contributed by atoms with Crippen molar-refractivity contribution in [1.82, 2.24) is 0 Å². The molecular weight excluding hydrogens is 236 g/mol. The lowest BCUT2D eigenvalue weighted by Crippen LogP contribution is -2.21. The standard InChI is InChI=1S/C16H26N2O/c1-12(2)11-13-6-8-14(9-7-13)15(16(18)19)5-3-4-10-17/h6-9,12,15H,3-5,10-11,17H2,1-2H3,(H2,18,19). The average Bonchev–Trinajstić information content (AvgIpc) is 2.35. The smallest absolute Gasteiger partial charge is 0.224 e. The summed E-state index contributed by atoms with van der Waals surface area (Å²) in [7, 11) is 0. The predicted molar refractivity (Wildman–Crippen MR) is 79.8 cm³/mol. The van der Waals surface area contributed by atoms with Crippen molar-refractivity contribution in [2.45, 2.75) is 45.4 Å². The monoisotopic (exact) mass is 262 g/mol. The van der Waals surface area contributed by atoms with Crippen LogP contribution in [0.4, 0.5) is 0 Å². The molecule has 0 fully saturated rings. The molecule has 19 heavy (non-hydrogen) atoms. The quantitative estimate of drug-likeness (QED) is 0.707. The minimum Gasteiger partial charge on any atom is -0.369 e. The van der Waals surface area contributed by atoms with Gasteiger partial charge in [0.15, 0.2) is 0 Å². The Morgan fingerprint density at radius 3 is 2.26 bits per heavy atom. The van der Waals surface area contributed by atoms with Crippen LogP contribution in [0.3, 0.4) is 0 Å². The van der Waals surface area contributed by atoms with Crippen molar-refractivity contribution >= 4 is 5.91 Å². The van der Waals surface area contributed by atoms with Crippen LogP contribution in [0.1, 0.15) is 50.2 Å². The van der Waals surface area contributed by atoms with Crippen LogP contribution in [0.25, 0.3) is 0 Å². The van der Waals surface area contributed by atoms with Crippen LogP contribution < -0.4 is 11.5 Å². The van der Waals surface area contributed by atoms with Gasteiger partial charge >= 0.3 is 0 Å². The summed E-state index contributed by atoms with van der Waals surface area (Å²) < 4.78 is 0. The molecule has 0 saturated carbocycles. The van der Waals surface area contributed by atoms with Crippen LogP contribution in [0.2, 0.25) is 0 Å². The number of amides is 1. The van der Waals surface area contributed by atoms with Gasteiger partial charge in [0.05, 0.1) is 5.92 Å². The number of primary amides is 1. The molecule has 0 aliphatic heterocycles. The van der Waals surface area contributed by atoms with Gasteiger partial charge in [-0.3, -0.25) is 4.79 Å². The van der Waals surface area contributed by atoms with Gasteiger partial charge in [-0.1, -0.05) is 44.5 Å². The molecule has 1 rings (SSSR count). The van der Waals surface area contributed by atoms with Crippen molar-refractivity contribution < 1.29 is 4.79 Å². The fourth-order valence-corrected chi connectivity index (χ4v) is 2.32. The third kappa shape index (κ3) is 5.43. The number of hydrogen-bond acceptors (Lipinski definition) is 2. The number of nitrogens with two attached hydrogens (primary N) is 2. The van der Waals surface area contributed by atoms with Crippen LogP contribution in [0.5, 0.6) is 0 Å². The van der Waals surface area contributed by atoms with E-state index in [2.05, 4.69) is 26.0 Å². The molecule has 0 aliphatic rings. The van der Waals surface area contributed by atoms with Gasteiger partial charge in [0, 0.05) is 0 Å². The molecule has 0 aromatic heterocycles. The van der Waals surface area contributed by atoms with E-state index in [0.29, 0.717) is 12.5 Å². The Morgan fingerprint density at radius 2 is 1.79 bits per heavy atom. The topological polar surface area (TPSA) is 69.1 Å². The molecular formula is C16H26N2O. The predicted octanol–water partition coefficient (Wildman–Crippen LogP) is 2.58. The maximum Gasteiger partial charge on any atom is 0.224 e. The molecule has 1 amide bonds. The summed E-state index contributed by atoms with van der Waals surface area (Å²) >= 11 is 0. The first kappa shape index (κ1) is 15.7. The molecule has 1 atom stereocenters. The van der Waals surface area contributed by atoms with Crippen molar-refractivity contribution in [2.24, 2.45) is 17.4 Å².